The van der Waals surface area contributed by atoms with Crippen LogP contribution in [0, 0.1) is 5.41 Å². The third-order valence-corrected chi connectivity index (χ3v) is 1.75. The van der Waals surface area contributed by atoms with Crippen molar-refractivity contribution in [3.8, 4) is 0 Å². The highest BCUT2D eigenvalue weighted by atomic mass is 16.5. The summed E-state index contributed by atoms with van der Waals surface area (Å²) in [6.45, 7) is 6.57. The first-order valence-electron chi connectivity index (χ1n) is 4.93. The van der Waals surface area contributed by atoms with Crippen LogP contribution in [0.4, 0.5) is 0 Å². The fourth-order valence-corrected chi connectivity index (χ4v) is 1.17. The summed E-state index contributed by atoms with van der Waals surface area (Å²) in [4.78, 5) is 4.24. The summed E-state index contributed by atoms with van der Waals surface area (Å²) in [5.74, 6) is 1.38. The van der Waals surface area contributed by atoms with E-state index in [9.17, 15) is 0 Å². The second-order valence-corrected chi connectivity index (χ2v) is 4.67. The van der Waals surface area contributed by atoms with Gasteiger partial charge in [0, 0.05) is 19.4 Å². The van der Waals surface area contributed by atoms with Gasteiger partial charge in [0.2, 0.25) is 5.89 Å². The van der Waals surface area contributed by atoms with Gasteiger partial charge in [-0.3, -0.25) is 0 Å². The predicted molar refractivity (Wildman–Crippen MR) is 52.9 cm³/mol. The van der Waals surface area contributed by atoms with Crippen LogP contribution in [0.5, 0.6) is 0 Å². The lowest BCUT2D eigenvalue weighted by molar-refractivity contribution is 0.278. The number of aryl methyl sites for hydroxylation is 1. The molecule has 0 aliphatic carbocycles. The molecular weight excluding hydrogens is 180 g/mol. The SMILES string of the molecule is CC(C)(C)Cc1noc(CCCO)n1. The lowest BCUT2D eigenvalue weighted by Gasteiger charge is -2.14. The average Bonchev–Trinajstić information content (AvgIpc) is 2.46. The molecule has 4 nitrogen and oxygen atoms in total. The summed E-state index contributed by atoms with van der Waals surface area (Å²) < 4.78 is 5.04. The molecule has 0 amide bonds. The van der Waals surface area contributed by atoms with Crippen LogP contribution >= 0.6 is 0 Å². The first kappa shape index (κ1) is 11.2. The van der Waals surface area contributed by atoms with E-state index in [1.165, 1.54) is 0 Å². The Morgan fingerprint density at radius 1 is 1.36 bits per heavy atom. The Kier molecular flexibility index (Phi) is 3.63. The van der Waals surface area contributed by atoms with Gasteiger partial charge >= 0.3 is 0 Å². The number of aromatic nitrogens is 2. The van der Waals surface area contributed by atoms with Gasteiger partial charge in [-0.1, -0.05) is 25.9 Å². The minimum atomic E-state index is 0.164. The fourth-order valence-electron chi connectivity index (χ4n) is 1.17. The van der Waals surface area contributed by atoms with Crippen LogP contribution in [0.3, 0.4) is 0 Å². The highest BCUT2D eigenvalue weighted by molar-refractivity contribution is 4.90. The molecule has 1 N–H and O–H groups in total. The van der Waals surface area contributed by atoms with Crippen molar-refractivity contribution in [2.45, 2.75) is 40.0 Å². The highest BCUT2D eigenvalue weighted by Gasteiger charge is 2.15. The molecule has 0 aliphatic rings. The second-order valence-electron chi connectivity index (χ2n) is 4.67. The summed E-state index contributed by atoms with van der Waals surface area (Å²) in [6.07, 6.45) is 2.15. The number of hydrogen-bond acceptors (Lipinski definition) is 4. The molecule has 0 aromatic carbocycles. The smallest absolute Gasteiger partial charge is 0.226 e. The van der Waals surface area contributed by atoms with E-state index in [2.05, 4.69) is 30.9 Å². The van der Waals surface area contributed by atoms with Gasteiger partial charge in [-0.25, -0.2) is 0 Å². The van der Waals surface area contributed by atoms with Gasteiger partial charge in [-0.15, -0.1) is 0 Å². The lowest BCUT2D eigenvalue weighted by Crippen LogP contribution is -2.10. The van der Waals surface area contributed by atoms with Gasteiger partial charge in [0.1, 0.15) is 0 Å². The normalized spacial score (nSPS) is 12.0. The molecular formula is C10H18N2O2. The van der Waals surface area contributed by atoms with E-state index in [-0.39, 0.29) is 12.0 Å². The molecule has 0 atom stereocenters. The van der Waals surface area contributed by atoms with Crippen molar-refractivity contribution in [3.05, 3.63) is 11.7 Å². The van der Waals surface area contributed by atoms with Crippen LogP contribution in [-0.2, 0) is 12.8 Å². The second kappa shape index (κ2) is 4.55. The summed E-state index contributed by atoms with van der Waals surface area (Å²) in [6, 6.07) is 0. The van der Waals surface area contributed by atoms with Crippen molar-refractivity contribution in [2.24, 2.45) is 5.41 Å². The molecule has 0 radical (unpaired) electrons. The van der Waals surface area contributed by atoms with Crippen LogP contribution in [0.25, 0.3) is 0 Å². The molecule has 1 rings (SSSR count). The third-order valence-electron chi connectivity index (χ3n) is 1.75. The van der Waals surface area contributed by atoms with E-state index in [1.807, 2.05) is 0 Å². The van der Waals surface area contributed by atoms with Crippen LogP contribution in [-0.4, -0.2) is 21.9 Å². The Hall–Kier alpha value is -0.900. The Morgan fingerprint density at radius 2 is 2.07 bits per heavy atom. The molecule has 4 heteroatoms. The van der Waals surface area contributed by atoms with Crippen molar-refractivity contribution < 1.29 is 9.63 Å². The van der Waals surface area contributed by atoms with E-state index in [0.717, 1.165) is 12.2 Å². The predicted octanol–water partition coefficient (Wildman–Crippen LogP) is 1.58. The Morgan fingerprint density at radius 3 is 2.64 bits per heavy atom. The van der Waals surface area contributed by atoms with Gasteiger partial charge in [-0.2, -0.15) is 4.98 Å². The zero-order chi connectivity index (χ0) is 10.6. The molecule has 1 heterocycles. The monoisotopic (exact) mass is 198 g/mol. The summed E-state index contributed by atoms with van der Waals surface area (Å²) in [5.41, 5.74) is 0.179. The molecule has 0 aliphatic heterocycles. The van der Waals surface area contributed by atoms with Crippen LogP contribution in [0.15, 0.2) is 4.52 Å². The zero-order valence-corrected chi connectivity index (χ0v) is 9.08. The fraction of sp³-hybridized carbons (Fsp3) is 0.800. The average molecular weight is 198 g/mol. The minimum Gasteiger partial charge on any atom is -0.396 e. The number of rotatable bonds is 4. The molecule has 0 bridgehead atoms. The Labute approximate surface area is 84.3 Å². The molecule has 0 unspecified atom stereocenters. The van der Waals surface area contributed by atoms with E-state index < -0.39 is 0 Å². The van der Waals surface area contributed by atoms with Gasteiger partial charge in [-0.05, 0) is 11.8 Å². The lowest BCUT2D eigenvalue weighted by atomic mass is 9.92. The van der Waals surface area contributed by atoms with Gasteiger partial charge in [0.05, 0.1) is 0 Å². The molecule has 1 aromatic rings. The minimum absolute atomic E-state index is 0.164. The van der Waals surface area contributed by atoms with Crippen molar-refractivity contribution in [1.29, 1.82) is 0 Å². The molecule has 0 fully saturated rings. The van der Waals surface area contributed by atoms with Crippen LogP contribution in [0.2, 0.25) is 0 Å². The molecule has 0 saturated carbocycles. The first-order valence-corrected chi connectivity index (χ1v) is 4.93. The van der Waals surface area contributed by atoms with Gasteiger partial charge in [0.15, 0.2) is 5.82 Å². The molecule has 14 heavy (non-hydrogen) atoms. The summed E-state index contributed by atoms with van der Waals surface area (Å²) in [7, 11) is 0. The van der Waals surface area contributed by atoms with Crippen molar-refractivity contribution in [2.75, 3.05) is 6.61 Å². The van der Waals surface area contributed by atoms with Gasteiger partial charge in [0.25, 0.3) is 0 Å². The zero-order valence-electron chi connectivity index (χ0n) is 9.08. The summed E-state index contributed by atoms with van der Waals surface area (Å²) in [5, 5.41) is 12.5. The van der Waals surface area contributed by atoms with Crippen LogP contribution in [0.1, 0.15) is 38.9 Å². The Bertz CT molecular complexity index is 276. The van der Waals surface area contributed by atoms with Crippen molar-refractivity contribution in [1.82, 2.24) is 10.1 Å². The maximum absolute atomic E-state index is 8.63. The maximum Gasteiger partial charge on any atom is 0.226 e. The third kappa shape index (κ3) is 3.87. The van der Waals surface area contributed by atoms with Gasteiger partial charge < -0.3 is 9.63 Å². The standard InChI is InChI=1S/C10H18N2O2/c1-10(2,3)7-8-11-9(14-12-8)5-4-6-13/h13H,4-7H2,1-3H3. The first-order chi connectivity index (χ1) is 6.51. The van der Waals surface area contributed by atoms with E-state index in [4.69, 9.17) is 9.63 Å². The number of nitrogens with zero attached hydrogens (tertiary/aromatic N) is 2. The summed E-state index contributed by atoms with van der Waals surface area (Å²) >= 11 is 0. The molecule has 1 aromatic heterocycles. The molecule has 80 valence electrons. The maximum atomic E-state index is 8.63. The van der Waals surface area contributed by atoms with E-state index in [1.54, 1.807) is 0 Å². The largest absolute Gasteiger partial charge is 0.396 e. The Balaban J connectivity index is 2.51. The van der Waals surface area contributed by atoms with E-state index in [0.29, 0.717) is 18.7 Å². The van der Waals surface area contributed by atoms with E-state index >= 15 is 0 Å². The quantitative estimate of drug-likeness (QED) is 0.798. The van der Waals surface area contributed by atoms with Crippen molar-refractivity contribution in [3.63, 3.8) is 0 Å². The number of aliphatic hydroxyl groups excluding tert-OH is 1. The number of aliphatic hydroxyl groups is 1. The molecule has 0 spiro atoms. The number of hydrogen-bond donors (Lipinski definition) is 1. The highest BCUT2D eigenvalue weighted by Crippen LogP contribution is 2.18. The van der Waals surface area contributed by atoms with Crippen molar-refractivity contribution >= 4 is 0 Å². The van der Waals surface area contributed by atoms with Crippen LogP contribution < -0.4 is 0 Å². The topological polar surface area (TPSA) is 59.2 Å². The molecule has 0 saturated heterocycles.